The van der Waals surface area contributed by atoms with E-state index in [4.69, 9.17) is 5.73 Å². The molecule has 1 aromatic rings. The van der Waals surface area contributed by atoms with Gasteiger partial charge < -0.3 is 11.1 Å². The molecular weight excluding hydrogens is 271 g/mol. The molecule has 1 unspecified atom stereocenters. The lowest BCUT2D eigenvalue weighted by atomic mass is 9.94. The number of halogens is 1. The number of primary amides is 1. The third kappa shape index (κ3) is 3.04. The predicted molar refractivity (Wildman–Crippen MR) is 69.8 cm³/mol. The molecule has 1 amide bonds. The lowest BCUT2D eigenvalue weighted by Gasteiger charge is -2.35. The summed E-state index contributed by atoms with van der Waals surface area (Å²) in [4.78, 5) is 11.7. The lowest BCUT2D eigenvalue weighted by molar-refractivity contribution is -0.122. The van der Waals surface area contributed by atoms with Crippen molar-refractivity contribution in [3.05, 3.63) is 30.1 Å². The van der Waals surface area contributed by atoms with Gasteiger partial charge in [-0.2, -0.15) is 0 Å². The number of anilines is 1. The third-order valence-electron chi connectivity index (χ3n) is 3.21. The Morgan fingerprint density at radius 1 is 1.42 bits per heavy atom. The highest BCUT2D eigenvalue weighted by molar-refractivity contribution is 7.91. The zero-order valence-electron chi connectivity index (χ0n) is 10.2. The first kappa shape index (κ1) is 13.8. The highest BCUT2D eigenvalue weighted by Gasteiger charge is 2.44. The summed E-state index contributed by atoms with van der Waals surface area (Å²) < 4.78 is 36.5. The van der Waals surface area contributed by atoms with Gasteiger partial charge in [-0.05, 0) is 31.0 Å². The summed E-state index contributed by atoms with van der Waals surface area (Å²) in [6, 6.07) is 5.50. The van der Waals surface area contributed by atoms with Crippen LogP contribution in [0.4, 0.5) is 10.1 Å². The molecule has 2 rings (SSSR count). The maximum atomic E-state index is 13.1. The summed E-state index contributed by atoms with van der Waals surface area (Å²) in [5.74, 6) is -1.51. The Hall–Kier alpha value is -1.63. The van der Waals surface area contributed by atoms with E-state index in [2.05, 4.69) is 5.32 Å². The molecule has 1 saturated heterocycles. The van der Waals surface area contributed by atoms with Crippen molar-refractivity contribution in [2.24, 2.45) is 5.73 Å². The van der Waals surface area contributed by atoms with Crippen LogP contribution in [0.5, 0.6) is 0 Å². The monoisotopic (exact) mass is 286 g/mol. The predicted octanol–water partition coefficient (Wildman–Crippen LogP) is 0.670. The molecule has 0 aromatic heterocycles. The van der Waals surface area contributed by atoms with Crippen LogP contribution in [-0.2, 0) is 14.6 Å². The van der Waals surface area contributed by atoms with Crippen LogP contribution < -0.4 is 11.1 Å². The zero-order valence-corrected chi connectivity index (χ0v) is 11.0. The van der Waals surface area contributed by atoms with Crippen LogP contribution in [0.25, 0.3) is 0 Å². The average molecular weight is 286 g/mol. The maximum absolute atomic E-state index is 13.1. The largest absolute Gasteiger partial charge is 0.370 e. The fourth-order valence-corrected chi connectivity index (χ4v) is 4.15. The average Bonchev–Trinajstić information content (AvgIpc) is 2.27. The molecule has 0 saturated carbocycles. The van der Waals surface area contributed by atoms with Gasteiger partial charge in [0.1, 0.15) is 11.4 Å². The molecule has 0 bridgehead atoms. The number of nitrogens with two attached hydrogens (primary N) is 1. The Kier molecular flexibility index (Phi) is 3.49. The second-order valence-electron chi connectivity index (χ2n) is 4.78. The molecule has 1 fully saturated rings. The van der Waals surface area contributed by atoms with Crippen molar-refractivity contribution in [1.29, 1.82) is 0 Å². The molecule has 3 N–H and O–H groups in total. The summed E-state index contributed by atoms with van der Waals surface area (Å²) >= 11 is 0. The van der Waals surface area contributed by atoms with Gasteiger partial charge >= 0.3 is 0 Å². The van der Waals surface area contributed by atoms with Crippen LogP contribution in [0.2, 0.25) is 0 Å². The van der Waals surface area contributed by atoms with E-state index in [1.165, 1.54) is 18.2 Å². The number of hydrogen-bond acceptors (Lipinski definition) is 4. The Balaban J connectivity index is 2.33. The SMILES string of the molecule is NC(=O)C1(Nc2cccc(F)c2)CCCS(=O)(=O)C1. The molecule has 7 heteroatoms. The minimum atomic E-state index is -3.32. The van der Waals surface area contributed by atoms with E-state index in [9.17, 15) is 17.6 Å². The number of hydrogen-bond donors (Lipinski definition) is 2. The Labute approximate surface area is 110 Å². The standard InChI is InChI=1S/C12H15FN2O3S/c13-9-3-1-4-10(7-9)15-12(11(14)16)5-2-6-19(17,18)8-12/h1,3-4,7,15H,2,5-6,8H2,(H2,14,16). The molecule has 1 aliphatic heterocycles. The van der Waals surface area contributed by atoms with Gasteiger partial charge in [-0.25, -0.2) is 12.8 Å². The van der Waals surface area contributed by atoms with Crippen LogP contribution >= 0.6 is 0 Å². The van der Waals surface area contributed by atoms with E-state index < -0.39 is 27.1 Å². The number of carbonyl (C=O) groups excluding carboxylic acids is 1. The highest BCUT2D eigenvalue weighted by atomic mass is 32.2. The van der Waals surface area contributed by atoms with Crippen LogP contribution in [0.3, 0.4) is 0 Å². The highest BCUT2D eigenvalue weighted by Crippen LogP contribution is 2.27. The first-order chi connectivity index (χ1) is 8.83. The summed E-state index contributed by atoms with van der Waals surface area (Å²) in [6.07, 6.45) is 0.672. The van der Waals surface area contributed by atoms with Crippen LogP contribution in [0, 0.1) is 5.82 Å². The van der Waals surface area contributed by atoms with E-state index in [1.807, 2.05) is 0 Å². The van der Waals surface area contributed by atoms with Gasteiger partial charge in [0.2, 0.25) is 5.91 Å². The lowest BCUT2D eigenvalue weighted by Crippen LogP contribution is -2.57. The fraction of sp³-hybridized carbons (Fsp3) is 0.417. The van der Waals surface area contributed by atoms with Crippen molar-refractivity contribution in [3.8, 4) is 0 Å². The Morgan fingerprint density at radius 3 is 2.74 bits per heavy atom. The second-order valence-corrected chi connectivity index (χ2v) is 6.96. The normalized spacial score (nSPS) is 25.7. The zero-order chi connectivity index (χ0) is 14.1. The summed E-state index contributed by atoms with van der Waals surface area (Å²) in [6.45, 7) is 0. The molecule has 0 radical (unpaired) electrons. The van der Waals surface area contributed by atoms with Crippen molar-refractivity contribution < 1.29 is 17.6 Å². The van der Waals surface area contributed by atoms with Crippen LogP contribution in [0.1, 0.15) is 12.8 Å². The van der Waals surface area contributed by atoms with Crippen LogP contribution in [0.15, 0.2) is 24.3 Å². The minimum absolute atomic E-state index is 0.0485. The van der Waals surface area contributed by atoms with E-state index >= 15 is 0 Å². The van der Waals surface area contributed by atoms with Crippen LogP contribution in [-0.4, -0.2) is 31.4 Å². The topological polar surface area (TPSA) is 89.3 Å². The maximum Gasteiger partial charge on any atom is 0.244 e. The number of rotatable bonds is 3. The molecule has 1 heterocycles. The molecule has 1 aliphatic rings. The molecule has 1 aromatic carbocycles. The molecule has 5 nitrogen and oxygen atoms in total. The number of nitrogens with one attached hydrogen (secondary N) is 1. The second kappa shape index (κ2) is 4.80. The van der Waals surface area contributed by atoms with Gasteiger partial charge in [0.25, 0.3) is 0 Å². The summed E-state index contributed by atoms with van der Waals surface area (Å²) in [5.41, 5.74) is 4.34. The Bertz CT molecular complexity index is 603. The van der Waals surface area contributed by atoms with Gasteiger partial charge in [0, 0.05) is 5.69 Å². The molecule has 1 atom stereocenters. The minimum Gasteiger partial charge on any atom is -0.370 e. The fourth-order valence-electron chi connectivity index (χ4n) is 2.31. The van der Waals surface area contributed by atoms with Crippen molar-refractivity contribution in [2.75, 3.05) is 16.8 Å². The number of sulfone groups is 1. The molecule has 0 aliphatic carbocycles. The Morgan fingerprint density at radius 2 is 2.16 bits per heavy atom. The van der Waals surface area contributed by atoms with Crippen molar-refractivity contribution >= 4 is 21.4 Å². The van der Waals surface area contributed by atoms with E-state index in [0.29, 0.717) is 18.5 Å². The third-order valence-corrected chi connectivity index (χ3v) is 5.05. The smallest absolute Gasteiger partial charge is 0.244 e. The van der Waals surface area contributed by atoms with E-state index in [-0.39, 0.29) is 11.5 Å². The van der Waals surface area contributed by atoms with Gasteiger partial charge in [-0.1, -0.05) is 6.07 Å². The number of amides is 1. The van der Waals surface area contributed by atoms with Crippen molar-refractivity contribution in [2.45, 2.75) is 18.4 Å². The van der Waals surface area contributed by atoms with Gasteiger partial charge in [0.15, 0.2) is 9.84 Å². The van der Waals surface area contributed by atoms with E-state index in [0.717, 1.165) is 0 Å². The van der Waals surface area contributed by atoms with Gasteiger partial charge in [0.05, 0.1) is 11.5 Å². The van der Waals surface area contributed by atoms with Crippen molar-refractivity contribution in [1.82, 2.24) is 0 Å². The quantitative estimate of drug-likeness (QED) is 0.854. The molecule has 0 spiro atoms. The van der Waals surface area contributed by atoms with Crippen molar-refractivity contribution in [3.63, 3.8) is 0 Å². The summed E-state index contributed by atoms with van der Waals surface area (Å²) in [7, 11) is -3.32. The van der Waals surface area contributed by atoms with Gasteiger partial charge in [-0.15, -0.1) is 0 Å². The van der Waals surface area contributed by atoms with Gasteiger partial charge in [-0.3, -0.25) is 4.79 Å². The molecule has 104 valence electrons. The molecular formula is C12H15FN2O3S. The first-order valence-corrected chi connectivity index (χ1v) is 7.69. The number of carbonyl (C=O) groups is 1. The molecule has 19 heavy (non-hydrogen) atoms. The first-order valence-electron chi connectivity index (χ1n) is 5.87. The van der Waals surface area contributed by atoms with E-state index in [1.54, 1.807) is 6.07 Å². The number of benzene rings is 1. The summed E-state index contributed by atoms with van der Waals surface area (Å²) in [5, 5.41) is 2.80.